The van der Waals surface area contributed by atoms with Crippen molar-refractivity contribution in [2.24, 2.45) is 0 Å². The Kier molecular flexibility index (Phi) is 3.13. The van der Waals surface area contributed by atoms with Crippen molar-refractivity contribution in [3.63, 3.8) is 0 Å². The van der Waals surface area contributed by atoms with Crippen molar-refractivity contribution < 1.29 is 0 Å². The number of hydrogen-bond donors (Lipinski definition) is 0. The molecule has 0 aliphatic carbocycles. The molecule has 80 valence electrons. The lowest BCUT2D eigenvalue weighted by Gasteiger charge is -2.15. The molecule has 1 aromatic carbocycles. The molecule has 0 bridgehead atoms. The summed E-state index contributed by atoms with van der Waals surface area (Å²) in [7, 11) is 0. The highest BCUT2D eigenvalue weighted by molar-refractivity contribution is 8.14. The molecule has 0 saturated heterocycles. The van der Waals surface area contributed by atoms with E-state index in [4.69, 9.17) is 11.8 Å². The van der Waals surface area contributed by atoms with Crippen molar-refractivity contribution >= 4 is 17.8 Å². The Balaban J connectivity index is 2.12. The van der Waals surface area contributed by atoms with E-state index in [2.05, 4.69) is 44.2 Å². The molecule has 0 N–H and O–H groups in total. The minimum Gasteiger partial charge on any atom is -0.0965 e. The topological polar surface area (TPSA) is 0 Å². The normalized spacial score (nSPS) is 19.6. The van der Waals surface area contributed by atoms with Crippen LogP contribution in [0.25, 0.3) is 0 Å². The van der Waals surface area contributed by atoms with Crippen LogP contribution < -0.4 is 0 Å². The third-order valence-corrected chi connectivity index (χ3v) is 7.30. The van der Waals surface area contributed by atoms with Crippen LogP contribution in [0.15, 0.2) is 41.5 Å². The van der Waals surface area contributed by atoms with Gasteiger partial charge >= 0.3 is 0 Å². The summed E-state index contributed by atoms with van der Waals surface area (Å²) in [5, 5.41) is 0. The molecule has 1 heterocycles. The maximum Gasteiger partial charge on any atom is 0.00234 e. The third-order valence-electron chi connectivity index (χ3n) is 3.09. The standard InChI is InChI=1S/C13H17PS/c1-11-8-14(15,9-12(11)2)10-13-6-4-3-5-7-13/h3-7H,8-10H2,1-2H3. The number of rotatable bonds is 2. The van der Waals surface area contributed by atoms with Gasteiger partial charge in [-0.2, -0.15) is 0 Å². The Morgan fingerprint density at radius 3 is 2.13 bits per heavy atom. The predicted molar refractivity (Wildman–Crippen MR) is 72.5 cm³/mol. The summed E-state index contributed by atoms with van der Waals surface area (Å²) in [6.45, 7) is 4.49. The van der Waals surface area contributed by atoms with Gasteiger partial charge in [0.2, 0.25) is 0 Å². The van der Waals surface area contributed by atoms with Crippen LogP contribution in [0.2, 0.25) is 0 Å². The zero-order valence-corrected chi connectivity index (χ0v) is 11.1. The average molecular weight is 236 g/mol. The van der Waals surface area contributed by atoms with Crippen molar-refractivity contribution in [3.05, 3.63) is 47.0 Å². The molecule has 0 fully saturated rings. The summed E-state index contributed by atoms with van der Waals surface area (Å²) in [4.78, 5) is 0. The molecule has 0 saturated carbocycles. The van der Waals surface area contributed by atoms with Gasteiger partial charge in [0.25, 0.3) is 0 Å². The first kappa shape index (κ1) is 11.1. The Hall–Kier alpha value is -0.390. The van der Waals surface area contributed by atoms with Crippen LogP contribution in [-0.4, -0.2) is 12.3 Å². The molecule has 0 spiro atoms. The summed E-state index contributed by atoms with van der Waals surface area (Å²) >= 11 is 5.87. The molecule has 0 unspecified atom stereocenters. The highest BCUT2D eigenvalue weighted by Crippen LogP contribution is 2.56. The Labute approximate surface area is 97.4 Å². The van der Waals surface area contributed by atoms with Crippen LogP contribution >= 0.6 is 6.04 Å². The van der Waals surface area contributed by atoms with Crippen molar-refractivity contribution in [3.8, 4) is 0 Å². The molecule has 2 heteroatoms. The molecule has 0 radical (unpaired) electrons. The van der Waals surface area contributed by atoms with Gasteiger partial charge in [-0.1, -0.05) is 53.3 Å². The van der Waals surface area contributed by atoms with E-state index in [-0.39, 0.29) is 0 Å². The van der Waals surface area contributed by atoms with Gasteiger partial charge in [-0.05, 0) is 37.8 Å². The molecule has 15 heavy (non-hydrogen) atoms. The summed E-state index contributed by atoms with van der Waals surface area (Å²) in [6, 6.07) is 9.56. The first-order valence-corrected chi connectivity index (χ1v) is 8.71. The van der Waals surface area contributed by atoms with E-state index in [9.17, 15) is 0 Å². The minimum atomic E-state index is -1.14. The van der Waals surface area contributed by atoms with E-state index in [1.54, 1.807) is 11.1 Å². The van der Waals surface area contributed by atoms with Crippen LogP contribution in [0, 0.1) is 0 Å². The van der Waals surface area contributed by atoms with Gasteiger partial charge in [0, 0.05) is 6.16 Å². The Bertz CT molecular complexity index is 413. The minimum absolute atomic E-state index is 1.14. The zero-order valence-electron chi connectivity index (χ0n) is 9.36. The molecule has 1 aliphatic heterocycles. The molecule has 0 aromatic heterocycles. The first-order valence-electron chi connectivity index (χ1n) is 5.35. The van der Waals surface area contributed by atoms with E-state index in [0.717, 1.165) is 6.16 Å². The molecule has 0 atom stereocenters. The smallest absolute Gasteiger partial charge is 0.00234 e. The fourth-order valence-corrected chi connectivity index (χ4v) is 7.31. The summed E-state index contributed by atoms with van der Waals surface area (Å²) in [5.74, 6) is 0. The van der Waals surface area contributed by atoms with Gasteiger partial charge in [-0.3, -0.25) is 0 Å². The van der Waals surface area contributed by atoms with Gasteiger partial charge in [-0.15, -0.1) is 0 Å². The van der Waals surface area contributed by atoms with Crippen molar-refractivity contribution in [1.29, 1.82) is 0 Å². The monoisotopic (exact) mass is 236 g/mol. The molecular formula is C13H17PS. The number of allylic oxidation sites excluding steroid dienone is 2. The van der Waals surface area contributed by atoms with Gasteiger partial charge in [0.05, 0.1) is 0 Å². The van der Waals surface area contributed by atoms with E-state index in [0.29, 0.717) is 0 Å². The Morgan fingerprint density at radius 2 is 1.60 bits per heavy atom. The highest BCUT2D eigenvalue weighted by Gasteiger charge is 2.25. The quantitative estimate of drug-likeness (QED) is 0.552. The van der Waals surface area contributed by atoms with E-state index in [1.165, 1.54) is 17.9 Å². The van der Waals surface area contributed by atoms with Gasteiger partial charge in [-0.25, -0.2) is 0 Å². The van der Waals surface area contributed by atoms with E-state index < -0.39 is 6.04 Å². The maximum atomic E-state index is 5.87. The highest BCUT2D eigenvalue weighted by atomic mass is 32.4. The van der Waals surface area contributed by atoms with Crippen LogP contribution in [0.1, 0.15) is 19.4 Å². The first-order chi connectivity index (χ1) is 7.09. The second kappa shape index (κ2) is 4.23. The van der Waals surface area contributed by atoms with E-state index >= 15 is 0 Å². The second-order valence-electron chi connectivity index (χ2n) is 4.58. The summed E-state index contributed by atoms with van der Waals surface area (Å²) < 4.78 is 0. The fraction of sp³-hybridized carbons (Fsp3) is 0.385. The van der Waals surface area contributed by atoms with Crippen molar-refractivity contribution in [1.82, 2.24) is 0 Å². The van der Waals surface area contributed by atoms with Crippen LogP contribution in [0.5, 0.6) is 0 Å². The van der Waals surface area contributed by atoms with Gasteiger partial charge in [0.1, 0.15) is 0 Å². The predicted octanol–water partition coefficient (Wildman–Crippen LogP) is 4.02. The lowest BCUT2D eigenvalue weighted by Crippen LogP contribution is -1.92. The summed E-state index contributed by atoms with van der Waals surface area (Å²) in [5.41, 5.74) is 4.52. The third kappa shape index (κ3) is 2.59. The number of benzene rings is 1. The lowest BCUT2D eigenvalue weighted by atomic mass is 10.2. The molecule has 1 aromatic rings. The molecule has 2 rings (SSSR count). The molecule has 1 aliphatic rings. The fourth-order valence-electron chi connectivity index (χ4n) is 2.22. The van der Waals surface area contributed by atoms with Crippen LogP contribution in [0.3, 0.4) is 0 Å². The van der Waals surface area contributed by atoms with Gasteiger partial charge in [0.15, 0.2) is 0 Å². The molecule has 0 amide bonds. The largest absolute Gasteiger partial charge is 0.0965 e. The van der Waals surface area contributed by atoms with Gasteiger partial charge < -0.3 is 0 Å². The second-order valence-corrected chi connectivity index (χ2v) is 9.97. The molecule has 0 nitrogen and oxygen atoms in total. The van der Waals surface area contributed by atoms with Crippen LogP contribution in [-0.2, 0) is 18.0 Å². The van der Waals surface area contributed by atoms with Crippen LogP contribution in [0.4, 0.5) is 0 Å². The molecular weight excluding hydrogens is 219 g/mol. The zero-order chi connectivity index (χ0) is 10.9. The lowest BCUT2D eigenvalue weighted by molar-refractivity contribution is 1.29. The van der Waals surface area contributed by atoms with Crippen molar-refractivity contribution in [2.45, 2.75) is 20.0 Å². The number of hydrogen-bond acceptors (Lipinski definition) is 1. The summed E-state index contributed by atoms with van der Waals surface area (Å²) in [6.07, 6.45) is 3.53. The maximum absolute atomic E-state index is 5.87. The van der Waals surface area contributed by atoms with E-state index in [1.807, 2.05) is 0 Å². The van der Waals surface area contributed by atoms with Crippen molar-refractivity contribution in [2.75, 3.05) is 12.3 Å². The Morgan fingerprint density at radius 1 is 1.07 bits per heavy atom. The SMILES string of the molecule is CC1=C(C)CP(=S)(Cc2ccccc2)C1. The average Bonchev–Trinajstić information content (AvgIpc) is 2.42.